The van der Waals surface area contributed by atoms with Crippen molar-refractivity contribution < 1.29 is 0 Å². The van der Waals surface area contributed by atoms with Gasteiger partial charge in [0.2, 0.25) is 0 Å². The molecule has 0 spiro atoms. The summed E-state index contributed by atoms with van der Waals surface area (Å²) in [7, 11) is 2.16. The molecular formula is C14H31IN4S. The Morgan fingerprint density at radius 3 is 2.70 bits per heavy atom. The molecular weight excluding hydrogens is 383 g/mol. The van der Waals surface area contributed by atoms with Crippen molar-refractivity contribution in [3.8, 4) is 0 Å². The van der Waals surface area contributed by atoms with Crippen LogP contribution >= 0.6 is 35.7 Å². The third-order valence-electron chi connectivity index (χ3n) is 3.46. The largest absolute Gasteiger partial charge is 0.357 e. The molecule has 0 amide bonds. The molecule has 2 N–H and O–H groups in total. The molecule has 6 heteroatoms. The molecule has 4 nitrogen and oxygen atoms in total. The molecule has 1 heterocycles. The number of hydrogen-bond acceptors (Lipinski definition) is 3. The Balaban J connectivity index is 0.00000361. The van der Waals surface area contributed by atoms with E-state index in [4.69, 9.17) is 4.99 Å². The summed E-state index contributed by atoms with van der Waals surface area (Å²) < 4.78 is 0. The predicted molar refractivity (Wildman–Crippen MR) is 103 cm³/mol. The number of nitrogens with one attached hydrogen (secondary N) is 2. The molecule has 1 saturated heterocycles. The van der Waals surface area contributed by atoms with E-state index in [9.17, 15) is 0 Å². The summed E-state index contributed by atoms with van der Waals surface area (Å²) in [4.78, 5) is 7.03. The molecule has 1 rings (SSSR count). The minimum Gasteiger partial charge on any atom is -0.357 e. The van der Waals surface area contributed by atoms with Gasteiger partial charge < -0.3 is 15.5 Å². The normalized spacial score (nSPS) is 19.3. The quantitative estimate of drug-likeness (QED) is 0.381. The second-order valence-corrected chi connectivity index (χ2v) is 6.76. The molecule has 1 aliphatic heterocycles. The molecule has 1 atom stereocenters. The minimum absolute atomic E-state index is 0. The molecule has 1 fully saturated rings. The van der Waals surface area contributed by atoms with Crippen LogP contribution in [0.15, 0.2) is 4.99 Å². The average molecular weight is 414 g/mol. The summed E-state index contributed by atoms with van der Waals surface area (Å²) in [6, 6.07) is 0.594. The van der Waals surface area contributed by atoms with E-state index >= 15 is 0 Å². The van der Waals surface area contributed by atoms with Gasteiger partial charge in [-0.2, -0.15) is 11.8 Å². The van der Waals surface area contributed by atoms with Crippen molar-refractivity contribution in [1.82, 2.24) is 15.5 Å². The van der Waals surface area contributed by atoms with Gasteiger partial charge in [0.25, 0.3) is 0 Å². The highest BCUT2D eigenvalue weighted by Gasteiger charge is 2.14. The summed E-state index contributed by atoms with van der Waals surface area (Å²) in [5.41, 5.74) is 0. The zero-order valence-electron chi connectivity index (χ0n) is 13.3. The van der Waals surface area contributed by atoms with Crippen LogP contribution in [0.3, 0.4) is 0 Å². The molecule has 0 saturated carbocycles. The first-order valence-corrected chi connectivity index (χ1v) is 8.52. The van der Waals surface area contributed by atoms with E-state index in [0.717, 1.165) is 37.4 Å². The maximum absolute atomic E-state index is 4.69. The fourth-order valence-electron chi connectivity index (χ4n) is 1.93. The van der Waals surface area contributed by atoms with E-state index in [0.29, 0.717) is 6.04 Å². The third-order valence-corrected chi connectivity index (χ3v) is 4.84. The van der Waals surface area contributed by atoms with Crippen molar-refractivity contribution >= 4 is 41.7 Å². The summed E-state index contributed by atoms with van der Waals surface area (Å²) >= 11 is 2.06. The number of hydrogen-bond donors (Lipinski definition) is 2. The Labute approximate surface area is 145 Å². The summed E-state index contributed by atoms with van der Waals surface area (Å²) in [5, 5.41) is 7.47. The number of likely N-dealkylation sites (N-methyl/N-ethyl adjacent to an activating group) is 1. The zero-order chi connectivity index (χ0) is 14.1. The fourth-order valence-corrected chi connectivity index (χ4v) is 3.11. The van der Waals surface area contributed by atoms with Crippen LogP contribution in [0.1, 0.15) is 33.6 Å². The molecule has 0 aliphatic carbocycles. The second kappa shape index (κ2) is 11.9. The fraction of sp³-hybridized carbons (Fsp3) is 0.929. The Kier molecular flexibility index (Phi) is 12.1. The molecule has 0 radical (unpaired) electrons. The first kappa shape index (κ1) is 20.3. The zero-order valence-corrected chi connectivity index (χ0v) is 16.5. The van der Waals surface area contributed by atoms with E-state index in [1.807, 2.05) is 0 Å². The average Bonchev–Trinajstić information content (AvgIpc) is 2.88. The van der Waals surface area contributed by atoms with Crippen molar-refractivity contribution in [3.63, 3.8) is 0 Å². The van der Waals surface area contributed by atoms with Crippen LogP contribution < -0.4 is 10.6 Å². The van der Waals surface area contributed by atoms with Crippen LogP contribution in [-0.2, 0) is 0 Å². The van der Waals surface area contributed by atoms with Crippen molar-refractivity contribution in [3.05, 3.63) is 0 Å². The van der Waals surface area contributed by atoms with Crippen LogP contribution in [0.25, 0.3) is 0 Å². The minimum atomic E-state index is 0. The van der Waals surface area contributed by atoms with Gasteiger partial charge in [0.15, 0.2) is 5.96 Å². The molecule has 1 aliphatic rings. The van der Waals surface area contributed by atoms with Gasteiger partial charge >= 0.3 is 0 Å². The summed E-state index contributed by atoms with van der Waals surface area (Å²) in [6.07, 6.45) is 2.68. The highest BCUT2D eigenvalue weighted by Crippen LogP contribution is 2.25. The Hall–Kier alpha value is 0.310. The first-order valence-electron chi connectivity index (χ1n) is 7.47. The highest BCUT2D eigenvalue weighted by molar-refractivity contribution is 14.0. The number of nitrogens with zero attached hydrogens (tertiary/aromatic N) is 2. The lowest BCUT2D eigenvalue weighted by Gasteiger charge is -2.21. The van der Waals surface area contributed by atoms with Gasteiger partial charge in [0.05, 0.1) is 6.54 Å². The Morgan fingerprint density at radius 2 is 2.15 bits per heavy atom. The first-order chi connectivity index (χ1) is 9.13. The lowest BCUT2D eigenvalue weighted by Crippen LogP contribution is -2.42. The number of rotatable bonds is 7. The number of guanidine groups is 1. The van der Waals surface area contributed by atoms with Crippen molar-refractivity contribution in [2.24, 2.45) is 4.99 Å². The van der Waals surface area contributed by atoms with Crippen LogP contribution in [-0.4, -0.2) is 61.1 Å². The lowest BCUT2D eigenvalue weighted by molar-refractivity contribution is 0.278. The third kappa shape index (κ3) is 8.56. The molecule has 1 unspecified atom stereocenters. The maximum atomic E-state index is 4.69. The number of aliphatic imine (C=N–C) groups is 1. The van der Waals surface area contributed by atoms with Crippen LogP contribution in [0.5, 0.6) is 0 Å². The smallest absolute Gasteiger partial charge is 0.191 e. The summed E-state index contributed by atoms with van der Waals surface area (Å²) in [6.45, 7) is 10.4. The van der Waals surface area contributed by atoms with Gasteiger partial charge in [0, 0.05) is 30.9 Å². The van der Waals surface area contributed by atoms with E-state index in [2.05, 4.69) is 55.1 Å². The molecule has 20 heavy (non-hydrogen) atoms. The van der Waals surface area contributed by atoms with Gasteiger partial charge in [-0.1, -0.05) is 0 Å². The highest BCUT2D eigenvalue weighted by atomic mass is 127. The van der Waals surface area contributed by atoms with E-state index in [1.165, 1.54) is 18.6 Å². The Bertz CT molecular complexity index is 268. The van der Waals surface area contributed by atoms with Crippen molar-refractivity contribution in [1.29, 1.82) is 0 Å². The van der Waals surface area contributed by atoms with Crippen LogP contribution in [0.2, 0.25) is 0 Å². The van der Waals surface area contributed by atoms with E-state index in [1.54, 1.807) is 0 Å². The van der Waals surface area contributed by atoms with Crippen LogP contribution in [0, 0.1) is 0 Å². The van der Waals surface area contributed by atoms with E-state index < -0.39 is 0 Å². The topological polar surface area (TPSA) is 39.7 Å². The monoisotopic (exact) mass is 414 g/mol. The van der Waals surface area contributed by atoms with Gasteiger partial charge in [-0.3, -0.25) is 4.99 Å². The molecule has 0 aromatic rings. The second-order valence-electron chi connectivity index (χ2n) is 5.36. The predicted octanol–water partition coefficient (Wildman–Crippen LogP) is 2.40. The summed E-state index contributed by atoms with van der Waals surface area (Å²) in [5.74, 6) is 2.27. The van der Waals surface area contributed by atoms with Crippen molar-refractivity contribution in [2.45, 2.75) is 44.9 Å². The van der Waals surface area contributed by atoms with Crippen LogP contribution in [0.4, 0.5) is 0 Å². The van der Waals surface area contributed by atoms with E-state index in [-0.39, 0.29) is 24.0 Å². The van der Waals surface area contributed by atoms with Crippen molar-refractivity contribution in [2.75, 3.05) is 39.0 Å². The maximum Gasteiger partial charge on any atom is 0.191 e. The van der Waals surface area contributed by atoms with Gasteiger partial charge in [-0.25, -0.2) is 0 Å². The van der Waals surface area contributed by atoms with Gasteiger partial charge in [0.1, 0.15) is 0 Å². The molecule has 120 valence electrons. The van der Waals surface area contributed by atoms with Gasteiger partial charge in [-0.15, -0.1) is 24.0 Å². The lowest BCUT2D eigenvalue weighted by atomic mass is 10.2. The Morgan fingerprint density at radius 1 is 1.40 bits per heavy atom. The standard InChI is InChI=1S/C14H30N4S.HI/c1-5-15-14(16-8-9-18(4)12(2)3)17-11-13-7-6-10-19-13;/h12-13H,5-11H2,1-4H3,(H2,15,16,17);1H. The SMILES string of the molecule is CCNC(=NCC1CCCS1)NCCN(C)C(C)C.I. The molecule has 0 aromatic heterocycles. The number of halogens is 1. The number of thioether (sulfide) groups is 1. The molecule has 0 aromatic carbocycles. The molecule has 0 bridgehead atoms. The van der Waals surface area contributed by atoms with Gasteiger partial charge in [-0.05, 0) is 46.4 Å².